The molecule has 0 spiro atoms. The molecule has 6 rings (SSSR count). The molecule has 1 aliphatic carbocycles. The number of rotatable bonds is 5. The van der Waals surface area contributed by atoms with Gasteiger partial charge in [-0.15, -0.1) is 11.3 Å². The SMILES string of the molecule is Cc1ccc(-c2sc(C)nc2C(=O)N2C[C@H]3C[C@H]3[C@H]2CNc2nc3ccccc3o2)cc1. The molecule has 1 saturated heterocycles. The van der Waals surface area contributed by atoms with Crippen LogP contribution in [-0.2, 0) is 0 Å². The van der Waals surface area contributed by atoms with Crippen molar-refractivity contribution < 1.29 is 9.21 Å². The van der Waals surface area contributed by atoms with Crippen LogP contribution in [0.2, 0.25) is 0 Å². The first-order valence-electron chi connectivity index (χ1n) is 11.0. The number of anilines is 1. The average molecular weight is 445 g/mol. The number of nitrogens with one attached hydrogen (secondary N) is 1. The van der Waals surface area contributed by atoms with Crippen LogP contribution < -0.4 is 5.32 Å². The molecule has 3 heterocycles. The van der Waals surface area contributed by atoms with Crippen molar-refractivity contribution in [2.75, 3.05) is 18.4 Å². The summed E-state index contributed by atoms with van der Waals surface area (Å²) < 4.78 is 5.81. The summed E-state index contributed by atoms with van der Waals surface area (Å²) in [7, 11) is 0. The zero-order valence-electron chi connectivity index (χ0n) is 18.0. The van der Waals surface area contributed by atoms with E-state index in [-0.39, 0.29) is 11.9 Å². The van der Waals surface area contributed by atoms with Crippen molar-refractivity contribution >= 4 is 34.4 Å². The van der Waals surface area contributed by atoms with E-state index in [1.165, 1.54) is 12.0 Å². The van der Waals surface area contributed by atoms with Crippen molar-refractivity contribution in [3.05, 3.63) is 64.8 Å². The zero-order valence-corrected chi connectivity index (χ0v) is 18.9. The van der Waals surface area contributed by atoms with E-state index in [4.69, 9.17) is 4.42 Å². The number of amides is 1. The summed E-state index contributed by atoms with van der Waals surface area (Å²) in [5.74, 6) is 1.16. The van der Waals surface area contributed by atoms with Gasteiger partial charge in [-0.2, -0.15) is 4.98 Å². The fourth-order valence-corrected chi connectivity index (χ4v) is 5.73. The molecule has 162 valence electrons. The van der Waals surface area contributed by atoms with Crippen LogP contribution >= 0.6 is 11.3 Å². The molecular weight excluding hydrogens is 420 g/mol. The minimum atomic E-state index is 0.0292. The topological polar surface area (TPSA) is 71.3 Å². The van der Waals surface area contributed by atoms with E-state index in [0.717, 1.165) is 33.1 Å². The van der Waals surface area contributed by atoms with Gasteiger partial charge in [0.05, 0.1) is 15.9 Å². The molecule has 1 amide bonds. The second kappa shape index (κ2) is 7.45. The molecule has 1 saturated carbocycles. The normalized spacial score (nSPS) is 21.7. The Morgan fingerprint density at radius 1 is 1.16 bits per heavy atom. The maximum Gasteiger partial charge on any atom is 0.295 e. The lowest BCUT2D eigenvalue weighted by Gasteiger charge is -2.27. The number of aromatic nitrogens is 2. The van der Waals surface area contributed by atoms with Crippen molar-refractivity contribution in [2.45, 2.75) is 26.3 Å². The Labute approximate surface area is 190 Å². The largest absolute Gasteiger partial charge is 0.424 e. The summed E-state index contributed by atoms with van der Waals surface area (Å²) in [6.45, 7) is 5.46. The van der Waals surface area contributed by atoms with Crippen LogP contribution in [0.4, 0.5) is 6.01 Å². The number of nitrogens with zero attached hydrogens (tertiary/aromatic N) is 3. The molecule has 4 aromatic rings. The Morgan fingerprint density at radius 2 is 1.97 bits per heavy atom. The van der Waals surface area contributed by atoms with Gasteiger partial charge in [0, 0.05) is 13.1 Å². The van der Waals surface area contributed by atoms with E-state index in [9.17, 15) is 4.79 Å². The van der Waals surface area contributed by atoms with E-state index < -0.39 is 0 Å². The highest BCUT2D eigenvalue weighted by molar-refractivity contribution is 7.15. The van der Waals surface area contributed by atoms with Crippen molar-refractivity contribution in [3.63, 3.8) is 0 Å². The molecule has 2 aromatic carbocycles. The second-order valence-corrected chi connectivity index (χ2v) is 10.0. The smallest absolute Gasteiger partial charge is 0.295 e. The molecule has 6 nitrogen and oxygen atoms in total. The maximum atomic E-state index is 13.7. The lowest BCUT2D eigenvalue weighted by molar-refractivity contribution is 0.0710. The number of carbonyl (C=O) groups excluding carboxylic acids is 1. The number of hydrogen-bond donors (Lipinski definition) is 1. The Hall–Kier alpha value is -3.19. The van der Waals surface area contributed by atoms with E-state index in [1.54, 1.807) is 11.3 Å². The molecule has 1 aliphatic heterocycles. The van der Waals surface area contributed by atoms with Gasteiger partial charge in [0.2, 0.25) is 0 Å². The highest BCUT2D eigenvalue weighted by atomic mass is 32.1. The molecule has 32 heavy (non-hydrogen) atoms. The summed E-state index contributed by atoms with van der Waals surface area (Å²) >= 11 is 1.59. The number of likely N-dealkylation sites (tertiary alicyclic amines) is 1. The first-order chi connectivity index (χ1) is 15.6. The number of para-hydroxylation sites is 2. The Bertz CT molecular complexity index is 1280. The number of oxazole rings is 1. The van der Waals surface area contributed by atoms with E-state index >= 15 is 0 Å². The Kier molecular flexibility index (Phi) is 4.54. The number of benzene rings is 2. The van der Waals surface area contributed by atoms with Crippen LogP contribution in [0.15, 0.2) is 52.9 Å². The van der Waals surface area contributed by atoms with Crippen LogP contribution in [0.3, 0.4) is 0 Å². The van der Waals surface area contributed by atoms with Crippen molar-refractivity contribution in [1.29, 1.82) is 0 Å². The third-order valence-electron chi connectivity index (χ3n) is 6.57. The maximum absolute atomic E-state index is 13.7. The first kappa shape index (κ1) is 19.5. The lowest BCUT2D eigenvalue weighted by Crippen LogP contribution is -2.42. The number of thiazole rings is 1. The lowest BCUT2D eigenvalue weighted by atomic mass is 10.1. The fourth-order valence-electron chi connectivity index (χ4n) is 4.81. The monoisotopic (exact) mass is 444 g/mol. The van der Waals surface area contributed by atoms with Gasteiger partial charge in [-0.1, -0.05) is 42.0 Å². The average Bonchev–Trinajstić information content (AvgIpc) is 3.11. The van der Waals surface area contributed by atoms with Crippen LogP contribution in [0.25, 0.3) is 21.5 Å². The first-order valence-corrected chi connectivity index (χ1v) is 11.8. The highest BCUT2D eigenvalue weighted by Crippen LogP contribution is 2.50. The summed E-state index contributed by atoms with van der Waals surface area (Å²) in [6.07, 6.45) is 1.19. The molecule has 1 N–H and O–H groups in total. The van der Waals surface area contributed by atoms with Gasteiger partial charge < -0.3 is 14.6 Å². The fraction of sp³-hybridized carbons (Fsp3) is 0.320. The number of aryl methyl sites for hydroxylation is 2. The summed E-state index contributed by atoms with van der Waals surface area (Å²) in [5, 5.41) is 4.25. The van der Waals surface area contributed by atoms with Gasteiger partial charge in [0.15, 0.2) is 5.58 Å². The van der Waals surface area contributed by atoms with E-state index in [2.05, 4.69) is 46.5 Å². The van der Waals surface area contributed by atoms with Crippen LogP contribution in [0.1, 0.15) is 27.5 Å². The van der Waals surface area contributed by atoms with E-state index in [0.29, 0.717) is 30.1 Å². The van der Waals surface area contributed by atoms with Gasteiger partial charge in [0.25, 0.3) is 11.9 Å². The number of hydrogen-bond acceptors (Lipinski definition) is 6. The minimum absolute atomic E-state index is 0.0292. The molecule has 2 aromatic heterocycles. The van der Waals surface area contributed by atoms with Crippen molar-refractivity contribution in [1.82, 2.24) is 14.9 Å². The van der Waals surface area contributed by atoms with E-state index in [1.807, 2.05) is 36.1 Å². The van der Waals surface area contributed by atoms with Gasteiger partial charge in [0.1, 0.15) is 11.2 Å². The van der Waals surface area contributed by atoms with Crippen LogP contribution in [-0.4, -0.2) is 39.9 Å². The van der Waals surface area contributed by atoms with Gasteiger partial charge in [-0.25, -0.2) is 4.98 Å². The summed E-state index contributed by atoms with van der Waals surface area (Å²) in [6, 6.07) is 16.7. The Balaban J connectivity index is 1.24. The Morgan fingerprint density at radius 3 is 2.78 bits per heavy atom. The van der Waals surface area contributed by atoms with Crippen LogP contribution in [0, 0.1) is 25.7 Å². The molecule has 0 unspecified atom stereocenters. The van der Waals surface area contributed by atoms with Gasteiger partial charge in [-0.3, -0.25) is 4.79 Å². The van der Waals surface area contributed by atoms with Gasteiger partial charge >= 0.3 is 0 Å². The second-order valence-electron chi connectivity index (χ2n) is 8.83. The highest BCUT2D eigenvalue weighted by Gasteiger charge is 2.54. The number of fused-ring (bicyclic) bond motifs is 2. The van der Waals surface area contributed by atoms with Crippen molar-refractivity contribution in [3.8, 4) is 10.4 Å². The molecule has 2 fully saturated rings. The number of piperidine rings is 1. The third kappa shape index (κ3) is 3.37. The van der Waals surface area contributed by atoms with Crippen LogP contribution in [0.5, 0.6) is 0 Å². The van der Waals surface area contributed by atoms with Gasteiger partial charge in [-0.05, 0) is 49.8 Å². The summed E-state index contributed by atoms with van der Waals surface area (Å²) in [5.41, 5.74) is 4.42. The predicted molar refractivity (Wildman–Crippen MR) is 126 cm³/mol. The zero-order chi connectivity index (χ0) is 21.8. The summed E-state index contributed by atoms with van der Waals surface area (Å²) in [4.78, 5) is 25.8. The predicted octanol–water partition coefficient (Wildman–Crippen LogP) is 5.14. The third-order valence-corrected chi connectivity index (χ3v) is 7.59. The number of carbonyl (C=O) groups is 1. The molecule has 3 atom stereocenters. The molecule has 2 aliphatic rings. The minimum Gasteiger partial charge on any atom is -0.424 e. The molecule has 0 radical (unpaired) electrons. The van der Waals surface area contributed by atoms with Crippen molar-refractivity contribution in [2.24, 2.45) is 11.8 Å². The quantitative estimate of drug-likeness (QED) is 0.461. The molecular formula is C25H24N4O2S. The molecule has 7 heteroatoms. The molecule has 0 bridgehead atoms. The standard InChI is InChI=1S/C25H24N4O2S/c1-14-7-9-16(10-8-14)23-22(27-15(2)32-23)24(30)29-13-17-11-18(17)20(29)12-26-25-28-19-5-3-4-6-21(19)31-25/h3-10,17-18,20H,11-13H2,1-2H3,(H,26,28)/t17-,18-,20-/m1/s1.